The van der Waals surface area contributed by atoms with Crippen molar-refractivity contribution >= 4 is 5.97 Å². The number of likely N-dealkylation sites (tertiary alicyclic amines) is 1. The standard InChI is InChI=1S/C6H11NO3.Li/c1-7-2-5(3-7)10-4-6(8)9;/h5H,2-4H2,1H3,(H,8,9);/q;+1/p-1. The predicted molar refractivity (Wildman–Crippen MR) is 32.2 cm³/mol. The van der Waals surface area contributed by atoms with Gasteiger partial charge < -0.3 is 19.5 Å². The monoisotopic (exact) mass is 151 g/mol. The van der Waals surface area contributed by atoms with Gasteiger partial charge in [-0.2, -0.15) is 0 Å². The van der Waals surface area contributed by atoms with Gasteiger partial charge in [-0.3, -0.25) is 0 Å². The summed E-state index contributed by atoms with van der Waals surface area (Å²) in [5, 5.41) is 9.88. The Hall–Kier alpha value is -0.0126. The average molecular weight is 151 g/mol. The Morgan fingerprint density at radius 1 is 1.73 bits per heavy atom. The van der Waals surface area contributed by atoms with E-state index >= 15 is 0 Å². The van der Waals surface area contributed by atoms with Gasteiger partial charge in [0.2, 0.25) is 0 Å². The zero-order valence-electron chi connectivity index (χ0n) is 6.87. The van der Waals surface area contributed by atoms with Crippen LogP contribution in [0.1, 0.15) is 0 Å². The van der Waals surface area contributed by atoms with Crippen LogP contribution < -0.4 is 24.0 Å². The molecule has 4 nitrogen and oxygen atoms in total. The van der Waals surface area contributed by atoms with Crippen LogP contribution in [0.2, 0.25) is 0 Å². The number of hydrogen-bond donors (Lipinski definition) is 0. The maximum absolute atomic E-state index is 9.88. The molecule has 0 aromatic heterocycles. The van der Waals surface area contributed by atoms with Crippen LogP contribution in [0.4, 0.5) is 0 Å². The van der Waals surface area contributed by atoms with Crippen molar-refractivity contribution in [2.75, 3.05) is 26.7 Å². The van der Waals surface area contributed by atoms with Crippen molar-refractivity contribution in [2.45, 2.75) is 6.10 Å². The summed E-state index contributed by atoms with van der Waals surface area (Å²) in [5.74, 6) is -1.14. The largest absolute Gasteiger partial charge is 1.00 e. The number of carboxylic acids is 1. The Morgan fingerprint density at radius 3 is 2.64 bits per heavy atom. The summed E-state index contributed by atoms with van der Waals surface area (Å²) in [7, 11) is 1.96. The second kappa shape index (κ2) is 4.78. The first-order valence-electron chi connectivity index (χ1n) is 3.18. The fraction of sp³-hybridized carbons (Fsp3) is 0.833. The molecule has 0 aromatic rings. The van der Waals surface area contributed by atoms with Gasteiger partial charge in [0.1, 0.15) is 0 Å². The second-order valence-corrected chi connectivity index (χ2v) is 2.53. The van der Waals surface area contributed by atoms with Gasteiger partial charge in [0.25, 0.3) is 0 Å². The van der Waals surface area contributed by atoms with Crippen LogP contribution in [0.5, 0.6) is 0 Å². The third kappa shape index (κ3) is 3.78. The fourth-order valence-electron chi connectivity index (χ4n) is 0.933. The van der Waals surface area contributed by atoms with Gasteiger partial charge >= 0.3 is 18.9 Å². The van der Waals surface area contributed by atoms with Crippen LogP contribution in [0.3, 0.4) is 0 Å². The maximum atomic E-state index is 9.88. The molecule has 0 bridgehead atoms. The van der Waals surface area contributed by atoms with Crippen LogP contribution in [0, 0.1) is 0 Å². The fourth-order valence-corrected chi connectivity index (χ4v) is 0.933. The smallest absolute Gasteiger partial charge is 0.548 e. The number of nitrogens with zero attached hydrogens (tertiary/aromatic N) is 1. The molecule has 1 fully saturated rings. The van der Waals surface area contributed by atoms with Gasteiger partial charge in [-0.25, -0.2) is 0 Å². The van der Waals surface area contributed by atoms with Gasteiger partial charge in [-0.15, -0.1) is 0 Å². The molecule has 0 saturated carbocycles. The Morgan fingerprint density at radius 2 is 2.27 bits per heavy atom. The van der Waals surface area contributed by atoms with Crippen molar-refractivity contribution in [1.82, 2.24) is 4.90 Å². The van der Waals surface area contributed by atoms with Crippen LogP contribution in [0.25, 0.3) is 0 Å². The normalized spacial score (nSPS) is 18.6. The predicted octanol–water partition coefficient (Wildman–Crippen LogP) is -4.93. The molecule has 58 valence electrons. The molecule has 1 aliphatic rings. The van der Waals surface area contributed by atoms with E-state index in [0.717, 1.165) is 13.1 Å². The van der Waals surface area contributed by atoms with Crippen LogP contribution in [0.15, 0.2) is 0 Å². The topological polar surface area (TPSA) is 52.6 Å². The number of ether oxygens (including phenoxy) is 1. The number of hydrogen-bond acceptors (Lipinski definition) is 4. The summed E-state index contributed by atoms with van der Waals surface area (Å²) in [6, 6.07) is 0. The van der Waals surface area contributed by atoms with E-state index in [2.05, 4.69) is 4.90 Å². The van der Waals surface area contributed by atoms with Crippen molar-refractivity contribution in [1.29, 1.82) is 0 Å². The molecule has 5 heteroatoms. The molecule has 11 heavy (non-hydrogen) atoms. The van der Waals surface area contributed by atoms with Crippen LogP contribution in [-0.2, 0) is 9.53 Å². The Kier molecular flexibility index (Phi) is 4.78. The molecule has 0 N–H and O–H groups in total. The minimum atomic E-state index is -1.14. The van der Waals surface area contributed by atoms with E-state index in [9.17, 15) is 9.90 Å². The molecule has 1 saturated heterocycles. The molecular formula is C6H10LiNO3. The number of aliphatic carboxylic acids is 1. The van der Waals surface area contributed by atoms with Crippen molar-refractivity contribution in [3.05, 3.63) is 0 Å². The van der Waals surface area contributed by atoms with E-state index in [0.29, 0.717) is 0 Å². The minimum absolute atomic E-state index is 0. The molecule has 0 radical (unpaired) electrons. The van der Waals surface area contributed by atoms with E-state index in [-0.39, 0.29) is 31.6 Å². The Labute approximate surface area is 77.7 Å². The number of carbonyl (C=O) groups excluding carboxylic acids is 1. The van der Waals surface area contributed by atoms with Crippen LogP contribution in [-0.4, -0.2) is 43.7 Å². The summed E-state index contributed by atoms with van der Waals surface area (Å²) in [6.45, 7) is 1.37. The van der Waals surface area contributed by atoms with Gasteiger partial charge in [0.05, 0.1) is 18.7 Å². The number of carbonyl (C=O) groups is 1. The maximum Gasteiger partial charge on any atom is 1.00 e. The molecule has 0 aromatic carbocycles. The first-order valence-corrected chi connectivity index (χ1v) is 3.18. The van der Waals surface area contributed by atoms with Gasteiger partial charge in [-0.1, -0.05) is 0 Å². The van der Waals surface area contributed by atoms with Crippen molar-refractivity contribution in [3.8, 4) is 0 Å². The SMILES string of the molecule is CN1CC(OCC(=O)[O-])C1.[Li+]. The molecule has 1 aliphatic heterocycles. The third-order valence-electron chi connectivity index (χ3n) is 1.47. The quantitative estimate of drug-likeness (QED) is 0.379. The first-order chi connectivity index (χ1) is 4.68. The van der Waals surface area contributed by atoms with Crippen molar-refractivity contribution in [3.63, 3.8) is 0 Å². The summed E-state index contributed by atoms with van der Waals surface area (Å²) < 4.78 is 4.91. The molecular weight excluding hydrogens is 141 g/mol. The summed E-state index contributed by atoms with van der Waals surface area (Å²) in [5.41, 5.74) is 0. The van der Waals surface area contributed by atoms with E-state index in [1.165, 1.54) is 0 Å². The van der Waals surface area contributed by atoms with E-state index < -0.39 is 5.97 Å². The molecule has 0 atom stereocenters. The summed E-state index contributed by atoms with van der Waals surface area (Å²) in [6.07, 6.45) is 0.0999. The molecule has 0 aliphatic carbocycles. The molecule has 0 spiro atoms. The number of likely N-dealkylation sites (N-methyl/N-ethyl adjacent to an activating group) is 1. The van der Waals surface area contributed by atoms with E-state index in [1.807, 2.05) is 7.05 Å². The van der Waals surface area contributed by atoms with Gasteiger partial charge in [0.15, 0.2) is 0 Å². The zero-order chi connectivity index (χ0) is 7.56. The molecule has 0 unspecified atom stereocenters. The van der Waals surface area contributed by atoms with Crippen molar-refractivity contribution in [2.24, 2.45) is 0 Å². The zero-order valence-corrected chi connectivity index (χ0v) is 6.87. The number of carboxylic acid groups (broad SMARTS) is 1. The Balaban J connectivity index is 0.000001000. The van der Waals surface area contributed by atoms with Gasteiger partial charge in [0, 0.05) is 13.1 Å². The summed E-state index contributed by atoms with van der Waals surface area (Å²) >= 11 is 0. The van der Waals surface area contributed by atoms with Crippen molar-refractivity contribution < 1.29 is 33.5 Å². The number of rotatable bonds is 3. The van der Waals surface area contributed by atoms with Crippen LogP contribution >= 0.6 is 0 Å². The van der Waals surface area contributed by atoms with Gasteiger partial charge in [-0.05, 0) is 7.05 Å². The Bertz CT molecular complexity index is 136. The molecule has 0 amide bonds. The third-order valence-corrected chi connectivity index (χ3v) is 1.47. The minimum Gasteiger partial charge on any atom is -0.548 e. The average Bonchev–Trinajstić information content (AvgIpc) is 1.77. The molecule has 1 rings (SSSR count). The van der Waals surface area contributed by atoms with E-state index in [4.69, 9.17) is 4.74 Å². The molecule has 1 heterocycles. The first kappa shape index (κ1) is 11.0. The second-order valence-electron chi connectivity index (χ2n) is 2.53. The summed E-state index contributed by atoms with van der Waals surface area (Å²) in [4.78, 5) is 11.9. The van der Waals surface area contributed by atoms with E-state index in [1.54, 1.807) is 0 Å².